The van der Waals surface area contributed by atoms with Gasteiger partial charge in [-0.2, -0.15) is 0 Å². The zero-order valence-corrected chi connectivity index (χ0v) is 11.8. The molecular weight excluding hydrogens is 247 g/mol. The molecule has 0 bridgehead atoms. The fourth-order valence-electron chi connectivity index (χ4n) is 2.25. The van der Waals surface area contributed by atoms with E-state index in [1.165, 1.54) is 35.7 Å². The van der Waals surface area contributed by atoms with Gasteiger partial charge in [-0.05, 0) is 47.1 Å². The van der Waals surface area contributed by atoms with E-state index in [4.69, 9.17) is 0 Å². The van der Waals surface area contributed by atoms with Crippen molar-refractivity contribution in [1.82, 2.24) is 0 Å². The summed E-state index contributed by atoms with van der Waals surface area (Å²) in [5.74, 6) is 2.23. The van der Waals surface area contributed by atoms with E-state index in [1.807, 2.05) is 0 Å². The molecule has 0 N–H and O–H groups in total. The quantitative estimate of drug-likeness (QED) is 0.538. The van der Waals surface area contributed by atoms with Crippen molar-refractivity contribution >= 4 is 8.19 Å². The number of aryl methyl sites for hydroxylation is 1. The highest BCUT2D eigenvalue weighted by Gasteiger charge is 2.03. The second-order valence-electron chi connectivity index (χ2n) is 4.61. The lowest BCUT2D eigenvalue weighted by Crippen LogP contribution is -1.81. The lowest BCUT2D eigenvalue weighted by atomic mass is 10.0. The minimum atomic E-state index is 1.27. The summed E-state index contributed by atoms with van der Waals surface area (Å²) in [4.78, 5) is 0. The Labute approximate surface area is 115 Å². The molecule has 0 aliphatic rings. The average Bonchev–Trinajstić information content (AvgIpc) is 2.49. The van der Waals surface area contributed by atoms with Crippen LogP contribution in [-0.2, 0) is 0 Å². The summed E-state index contributed by atoms with van der Waals surface area (Å²) >= 11 is 0. The summed E-state index contributed by atoms with van der Waals surface area (Å²) in [5.41, 5.74) is 5.25. The molecule has 0 unspecified atom stereocenters. The van der Waals surface area contributed by atoms with Gasteiger partial charge in [0, 0.05) is 5.30 Å². The topological polar surface area (TPSA) is 0 Å². The van der Waals surface area contributed by atoms with E-state index in [2.05, 4.69) is 79.5 Å². The summed E-state index contributed by atoms with van der Waals surface area (Å²) in [7, 11) is 1.27. The van der Waals surface area contributed by atoms with Crippen molar-refractivity contribution in [3.8, 4) is 22.0 Å². The van der Waals surface area contributed by atoms with Crippen molar-refractivity contribution in [2.24, 2.45) is 0 Å². The lowest BCUT2D eigenvalue weighted by molar-refractivity contribution is 1.47. The van der Waals surface area contributed by atoms with Crippen LogP contribution in [0.1, 0.15) is 5.56 Å². The van der Waals surface area contributed by atoms with Gasteiger partial charge in [0.15, 0.2) is 0 Å². The number of rotatable bonds is 2. The maximum absolute atomic E-state index is 2.30. The van der Waals surface area contributed by atoms with E-state index in [0.29, 0.717) is 0 Å². The molecule has 0 nitrogen and oxygen atoms in total. The Morgan fingerprint density at radius 2 is 1.47 bits per heavy atom. The van der Waals surface area contributed by atoms with E-state index >= 15 is 0 Å². The maximum atomic E-state index is 2.30. The van der Waals surface area contributed by atoms with Crippen molar-refractivity contribution in [2.45, 2.75) is 6.92 Å². The van der Waals surface area contributed by atoms with Gasteiger partial charge >= 0.3 is 0 Å². The predicted octanol–water partition coefficient (Wildman–Crippen LogP) is 5.91. The summed E-state index contributed by atoms with van der Waals surface area (Å²) in [5, 5.41) is 1.37. The standard InChI is InChI=1S/C18H15P/c1-14-7-5-6-10-17(14)18-13-16(11-12-19-18)15-8-3-2-4-9-15/h2-13H,1H3. The van der Waals surface area contributed by atoms with E-state index in [0.717, 1.165) is 0 Å². The van der Waals surface area contributed by atoms with Crippen LogP contribution >= 0.6 is 8.19 Å². The first-order valence-electron chi connectivity index (χ1n) is 6.42. The van der Waals surface area contributed by atoms with Crippen LogP contribution in [0, 0.1) is 6.92 Å². The molecule has 0 amide bonds. The Kier molecular flexibility index (Phi) is 3.44. The Hall–Kier alpha value is -1.91. The fourth-order valence-corrected chi connectivity index (χ4v) is 3.25. The van der Waals surface area contributed by atoms with Gasteiger partial charge in [-0.15, -0.1) is 0 Å². The third-order valence-corrected chi connectivity index (χ3v) is 4.23. The SMILES string of the molecule is Cc1ccccc1-c1cc(-c2ccccc2)ccp1. The molecular formula is C18H15P. The summed E-state index contributed by atoms with van der Waals surface area (Å²) in [6.45, 7) is 2.17. The molecule has 92 valence electrons. The van der Waals surface area contributed by atoms with Gasteiger partial charge in [0.2, 0.25) is 0 Å². The van der Waals surface area contributed by atoms with Crippen molar-refractivity contribution < 1.29 is 0 Å². The van der Waals surface area contributed by atoms with Crippen LogP contribution in [0.5, 0.6) is 0 Å². The van der Waals surface area contributed by atoms with Crippen LogP contribution in [-0.4, -0.2) is 0 Å². The van der Waals surface area contributed by atoms with Crippen molar-refractivity contribution in [1.29, 1.82) is 0 Å². The average molecular weight is 262 g/mol. The van der Waals surface area contributed by atoms with Crippen LogP contribution in [0.25, 0.3) is 22.0 Å². The Morgan fingerprint density at radius 1 is 0.737 bits per heavy atom. The van der Waals surface area contributed by atoms with Gasteiger partial charge in [-0.3, -0.25) is 0 Å². The Balaban J connectivity index is 2.09. The molecule has 0 spiro atoms. The predicted molar refractivity (Wildman–Crippen MR) is 84.6 cm³/mol. The molecule has 0 saturated carbocycles. The molecule has 1 heteroatoms. The first kappa shape index (κ1) is 12.1. The molecule has 0 fully saturated rings. The lowest BCUT2D eigenvalue weighted by Gasteiger charge is -2.07. The van der Waals surface area contributed by atoms with Crippen LogP contribution in [0.3, 0.4) is 0 Å². The second-order valence-corrected chi connectivity index (χ2v) is 5.65. The van der Waals surface area contributed by atoms with E-state index in [9.17, 15) is 0 Å². The van der Waals surface area contributed by atoms with Gasteiger partial charge in [0.1, 0.15) is 0 Å². The van der Waals surface area contributed by atoms with Crippen molar-refractivity contribution in [3.63, 3.8) is 0 Å². The Bertz CT molecular complexity index is 687. The molecule has 0 radical (unpaired) electrons. The van der Waals surface area contributed by atoms with Crippen molar-refractivity contribution in [3.05, 3.63) is 78.1 Å². The zero-order valence-electron chi connectivity index (χ0n) is 10.9. The molecule has 0 aliphatic heterocycles. The monoisotopic (exact) mass is 262 g/mol. The summed E-state index contributed by atoms with van der Waals surface area (Å²) < 4.78 is 0. The first-order chi connectivity index (χ1) is 9.34. The summed E-state index contributed by atoms with van der Waals surface area (Å²) in [6, 6.07) is 23.6. The molecule has 19 heavy (non-hydrogen) atoms. The highest BCUT2D eigenvalue weighted by Crippen LogP contribution is 2.33. The van der Waals surface area contributed by atoms with Crippen LogP contribution in [0.15, 0.2) is 72.5 Å². The largest absolute Gasteiger partial charge is 0.0678 e. The van der Waals surface area contributed by atoms with Crippen LogP contribution < -0.4 is 0 Å². The molecule has 1 aromatic heterocycles. The first-order valence-corrected chi connectivity index (χ1v) is 7.38. The highest BCUT2D eigenvalue weighted by molar-refractivity contribution is 7.33. The number of hydrogen-bond acceptors (Lipinski definition) is 0. The fraction of sp³-hybridized carbons (Fsp3) is 0.0556. The van der Waals surface area contributed by atoms with Gasteiger partial charge in [0.25, 0.3) is 0 Å². The van der Waals surface area contributed by atoms with Gasteiger partial charge in [-0.25, -0.2) is 0 Å². The number of hydrogen-bond donors (Lipinski definition) is 0. The third-order valence-electron chi connectivity index (χ3n) is 3.29. The van der Waals surface area contributed by atoms with Gasteiger partial charge < -0.3 is 0 Å². The van der Waals surface area contributed by atoms with Gasteiger partial charge in [0.05, 0.1) is 0 Å². The molecule has 0 aliphatic carbocycles. The molecule has 1 heterocycles. The molecule has 0 saturated heterocycles. The van der Waals surface area contributed by atoms with E-state index < -0.39 is 0 Å². The molecule has 0 atom stereocenters. The highest BCUT2D eigenvalue weighted by atomic mass is 31.0. The minimum Gasteiger partial charge on any atom is -0.0678 e. The second kappa shape index (κ2) is 5.38. The normalized spacial score (nSPS) is 10.8. The van der Waals surface area contributed by atoms with E-state index in [1.54, 1.807) is 0 Å². The smallest absolute Gasteiger partial charge is 0.00990 e. The molecule has 3 aromatic rings. The van der Waals surface area contributed by atoms with Crippen LogP contribution in [0.2, 0.25) is 0 Å². The number of benzene rings is 2. The molecule has 3 rings (SSSR count). The maximum Gasteiger partial charge on any atom is 0.00990 e. The summed E-state index contributed by atoms with van der Waals surface area (Å²) in [6.07, 6.45) is 0. The van der Waals surface area contributed by atoms with Crippen LogP contribution in [0.4, 0.5) is 0 Å². The minimum absolute atomic E-state index is 1.27. The van der Waals surface area contributed by atoms with Gasteiger partial charge in [-0.1, -0.05) is 62.8 Å². The van der Waals surface area contributed by atoms with E-state index in [-0.39, 0.29) is 0 Å². The zero-order chi connectivity index (χ0) is 13.1. The molecule has 2 aromatic carbocycles. The third kappa shape index (κ3) is 2.59. The van der Waals surface area contributed by atoms with Crippen molar-refractivity contribution in [2.75, 3.05) is 0 Å². The Morgan fingerprint density at radius 3 is 2.26 bits per heavy atom.